The third-order valence-corrected chi connectivity index (χ3v) is 5.12. The second-order valence-electron chi connectivity index (χ2n) is 3.54. The fourth-order valence-electron chi connectivity index (χ4n) is 1.45. The van der Waals surface area contributed by atoms with Gasteiger partial charge in [0.25, 0.3) is 0 Å². The number of hydrogen-bond donors (Lipinski definition) is 0. The summed E-state index contributed by atoms with van der Waals surface area (Å²) in [7, 11) is 0. The van der Waals surface area contributed by atoms with Crippen LogP contribution in [0.5, 0.6) is 0 Å². The third-order valence-electron chi connectivity index (χ3n) is 2.39. The summed E-state index contributed by atoms with van der Waals surface area (Å²) in [5, 5.41) is 4.03. The van der Waals surface area contributed by atoms with Gasteiger partial charge in [0.2, 0.25) is 0 Å². The van der Waals surface area contributed by atoms with E-state index in [2.05, 4.69) is 62.4 Å². The minimum Gasteiger partial charge on any atom is -0.152 e. The van der Waals surface area contributed by atoms with Gasteiger partial charge in [0.15, 0.2) is 0 Å². The Morgan fingerprint density at radius 1 is 1.25 bits per heavy atom. The van der Waals surface area contributed by atoms with E-state index < -0.39 is 0 Å². The van der Waals surface area contributed by atoms with Crippen LogP contribution in [0.2, 0.25) is 0 Å². The molecule has 0 aliphatic rings. The van der Waals surface area contributed by atoms with E-state index in [1.165, 1.54) is 5.56 Å². The van der Waals surface area contributed by atoms with Crippen molar-refractivity contribution in [1.29, 1.82) is 0 Å². The van der Waals surface area contributed by atoms with Gasteiger partial charge >= 0.3 is 0 Å². The molecule has 1 atom stereocenters. The standard InChI is InChI=1S/C12H9Br2ClS/c1-7-4-11(14)9(5-10(7)13)12(15)8-2-3-16-6-8/h2-6,12H,1H3. The molecule has 2 aromatic rings. The minimum absolute atomic E-state index is 0.0995. The molecule has 84 valence electrons. The average Bonchev–Trinajstić information content (AvgIpc) is 2.75. The molecule has 0 N–H and O–H groups in total. The van der Waals surface area contributed by atoms with Crippen LogP contribution in [0.15, 0.2) is 37.9 Å². The summed E-state index contributed by atoms with van der Waals surface area (Å²) in [6, 6.07) is 6.22. The highest BCUT2D eigenvalue weighted by atomic mass is 79.9. The van der Waals surface area contributed by atoms with Gasteiger partial charge in [-0.05, 0) is 52.6 Å². The van der Waals surface area contributed by atoms with Crippen molar-refractivity contribution in [1.82, 2.24) is 0 Å². The quantitative estimate of drug-likeness (QED) is 0.568. The number of halogens is 3. The van der Waals surface area contributed by atoms with Crippen molar-refractivity contribution in [2.45, 2.75) is 12.3 Å². The zero-order valence-electron chi connectivity index (χ0n) is 8.51. The molecule has 0 saturated carbocycles. The van der Waals surface area contributed by atoms with Gasteiger partial charge in [-0.1, -0.05) is 31.9 Å². The maximum absolute atomic E-state index is 6.46. The smallest absolute Gasteiger partial charge is 0.0854 e. The summed E-state index contributed by atoms with van der Waals surface area (Å²) in [6.07, 6.45) is 0. The minimum atomic E-state index is -0.0995. The molecule has 0 amide bonds. The highest BCUT2D eigenvalue weighted by Gasteiger charge is 2.15. The molecule has 0 aliphatic heterocycles. The highest BCUT2D eigenvalue weighted by molar-refractivity contribution is 9.11. The normalized spacial score (nSPS) is 12.8. The number of hydrogen-bond acceptors (Lipinski definition) is 1. The van der Waals surface area contributed by atoms with Crippen molar-refractivity contribution in [3.63, 3.8) is 0 Å². The molecule has 16 heavy (non-hydrogen) atoms. The van der Waals surface area contributed by atoms with Crippen LogP contribution in [0, 0.1) is 6.92 Å². The van der Waals surface area contributed by atoms with Crippen LogP contribution in [0.25, 0.3) is 0 Å². The average molecular weight is 381 g/mol. The van der Waals surface area contributed by atoms with Gasteiger partial charge in [0.05, 0.1) is 5.38 Å². The summed E-state index contributed by atoms with van der Waals surface area (Å²) in [5.74, 6) is 0. The fraction of sp³-hybridized carbons (Fsp3) is 0.167. The van der Waals surface area contributed by atoms with E-state index in [0.717, 1.165) is 20.1 Å². The lowest BCUT2D eigenvalue weighted by Crippen LogP contribution is -1.94. The van der Waals surface area contributed by atoms with Crippen LogP contribution < -0.4 is 0 Å². The lowest BCUT2D eigenvalue weighted by molar-refractivity contribution is 1.13. The molecule has 0 bridgehead atoms. The molecular formula is C12H9Br2ClS. The number of thiophene rings is 1. The van der Waals surface area contributed by atoms with Crippen molar-refractivity contribution in [3.8, 4) is 0 Å². The number of alkyl halides is 1. The van der Waals surface area contributed by atoms with Gasteiger partial charge in [-0.3, -0.25) is 0 Å². The van der Waals surface area contributed by atoms with Crippen LogP contribution in [-0.2, 0) is 0 Å². The molecule has 1 unspecified atom stereocenters. The maximum atomic E-state index is 6.46. The first-order valence-corrected chi connectivity index (χ1v) is 7.68. The largest absolute Gasteiger partial charge is 0.152 e. The molecular weight excluding hydrogens is 371 g/mol. The molecule has 4 heteroatoms. The number of rotatable bonds is 2. The van der Waals surface area contributed by atoms with E-state index in [-0.39, 0.29) is 5.38 Å². The Hall–Kier alpha value is 0.170. The van der Waals surface area contributed by atoms with E-state index in [1.54, 1.807) is 11.3 Å². The molecule has 0 aliphatic carbocycles. The number of benzene rings is 1. The zero-order chi connectivity index (χ0) is 11.7. The predicted molar refractivity (Wildman–Crippen MR) is 78.6 cm³/mol. The van der Waals surface area contributed by atoms with Crippen molar-refractivity contribution in [2.24, 2.45) is 0 Å². The second-order valence-corrected chi connectivity index (χ2v) is 6.47. The summed E-state index contributed by atoms with van der Waals surface area (Å²) in [5.41, 5.74) is 3.44. The Morgan fingerprint density at radius 2 is 2.00 bits per heavy atom. The molecule has 0 spiro atoms. The van der Waals surface area contributed by atoms with Crippen molar-refractivity contribution < 1.29 is 0 Å². The van der Waals surface area contributed by atoms with E-state index in [0.29, 0.717) is 0 Å². The Kier molecular flexibility index (Phi) is 4.11. The van der Waals surface area contributed by atoms with Crippen LogP contribution >= 0.6 is 54.8 Å². The monoisotopic (exact) mass is 378 g/mol. The topological polar surface area (TPSA) is 0 Å². The Labute approximate surface area is 121 Å². The highest BCUT2D eigenvalue weighted by Crippen LogP contribution is 2.37. The van der Waals surface area contributed by atoms with Crippen LogP contribution in [-0.4, -0.2) is 0 Å². The zero-order valence-corrected chi connectivity index (χ0v) is 13.3. The molecule has 0 radical (unpaired) electrons. The van der Waals surface area contributed by atoms with Crippen LogP contribution in [0.1, 0.15) is 22.1 Å². The Morgan fingerprint density at radius 3 is 2.62 bits per heavy atom. The molecule has 1 aromatic carbocycles. The fourth-order valence-corrected chi connectivity index (χ4v) is 3.71. The molecule has 1 heterocycles. The lowest BCUT2D eigenvalue weighted by Gasteiger charge is -2.12. The molecule has 2 rings (SSSR count). The first kappa shape index (κ1) is 12.6. The predicted octanol–water partition coefficient (Wildman–Crippen LogP) is 5.91. The molecule has 0 fully saturated rings. The molecule has 1 aromatic heterocycles. The van der Waals surface area contributed by atoms with E-state index in [1.807, 2.05) is 5.38 Å². The van der Waals surface area contributed by atoms with Gasteiger partial charge in [-0.15, -0.1) is 11.6 Å². The van der Waals surface area contributed by atoms with Crippen molar-refractivity contribution in [2.75, 3.05) is 0 Å². The van der Waals surface area contributed by atoms with Gasteiger partial charge < -0.3 is 0 Å². The molecule has 0 saturated heterocycles. The second kappa shape index (κ2) is 5.21. The van der Waals surface area contributed by atoms with Crippen molar-refractivity contribution >= 4 is 54.8 Å². The third kappa shape index (κ3) is 2.53. The van der Waals surface area contributed by atoms with Gasteiger partial charge in [0, 0.05) is 8.95 Å². The van der Waals surface area contributed by atoms with E-state index in [4.69, 9.17) is 11.6 Å². The van der Waals surface area contributed by atoms with Gasteiger partial charge in [-0.2, -0.15) is 11.3 Å². The summed E-state index contributed by atoms with van der Waals surface area (Å²) in [4.78, 5) is 0. The van der Waals surface area contributed by atoms with Crippen molar-refractivity contribution in [3.05, 3.63) is 54.6 Å². The summed E-state index contributed by atoms with van der Waals surface area (Å²) >= 11 is 15.2. The van der Waals surface area contributed by atoms with Crippen LogP contribution in [0.3, 0.4) is 0 Å². The van der Waals surface area contributed by atoms with Gasteiger partial charge in [-0.25, -0.2) is 0 Å². The lowest BCUT2D eigenvalue weighted by atomic mass is 10.1. The Bertz CT molecular complexity index is 494. The summed E-state index contributed by atoms with van der Waals surface area (Å²) < 4.78 is 2.14. The van der Waals surface area contributed by atoms with Gasteiger partial charge in [0.1, 0.15) is 0 Å². The number of aryl methyl sites for hydroxylation is 1. The summed E-state index contributed by atoms with van der Waals surface area (Å²) in [6.45, 7) is 2.06. The first-order chi connectivity index (χ1) is 7.59. The molecule has 0 nitrogen and oxygen atoms in total. The Balaban J connectivity index is 2.44. The first-order valence-electron chi connectivity index (χ1n) is 4.71. The van der Waals surface area contributed by atoms with Crippen LogP contribution in [0.4, 0.5) is 0 Å². The van der Waals surface area contributed by atoms with E-state index in [9.17, 15) is 0 Å². The SMILES string of the molecule is Cc1cc(Br)c(C(Cl)c2ccsc2)cc1Br. The maximum Gasteiger partial charge on any atom is 0.0854 e. The van der Waals surface area contributed by atoms with E-state index >= 15 is 0 Å².